The predicted octanol–water partition coefficient (Wildman–Crippen LogP) is 5.66. The van der Waals surface area contributed by atoms with Crippen LogP contribution in [0.2, 0.25) is 0 Å². The molecule has 160 valence electrons. The Kier molecular flexibility index (Phi) is 5.63. The van der Waals surface area contributed by atoms with Gasteiger partial charge in [-0.05, 0) is 35.9 Å². The van der Waals surface area contributed by atoms with Crippen LogP contribution in [0, 0.1) is 5.82 Å². The van der Waals surface area contributed by atoms with Crippen LogP contribution in [0.25, 0.3) is 22.0 Å². The normalized spacial score (nSPS) is 12.7. The van der Waals surface area contributed by atoms with Crippen LogP contribution in [0.3, 0.4) is 0 Å². The molecule has 0 aliphatic heterocycles. The Hall–Kier alpha value is -3.05. The lowest BCUT2D eigenvalue weighted by molar-refractivity contribution is -0.137. The standard InChI is InChI=1S/C20H13F4N3O2S2/c1-29-17-8-11(20(22,23)24)2-3-13(17)12-4-5-25-16-10-18(15(21)9-14(12)16)31(28)27-19-26-6-7-30-19/h2-10H,1H3,(H,26,27). The Labute approximate surface area is 180 Å². The Morgan fingerprint density at radius 3 is 2.55 bits per heavy atom. The second-order valence-corrected chi connectivity index (χ2v) is 8.36. The number of benzene rings is 2. The minimum Gasteiger partial charge on any atom is -0.496 e. The molecule has 0 saturated heterocycles. The molecule has 4 aromatic rings. The van der Waals surface area contributed by atoms with Crippen molar-refractivity contribution < 1.29 is 26.5 Å². The average molecular weight is 467 g/mol. The van der Waals surface area contributed by atoms with Gasteiger partial charge >= 0.3 is 6.18 Å². The summed E-state index contributed by atoms with van der Waals surface area (Å²) in [6, 6.07) is 7.13. The highest BCUT2D eigenvalue weighted by atomic mass is 32.2. The molecule has 4 rings (SSSR count). The van der Waals surface area contributed by atoms with Crippen LogP contribution >= 0.6 is 11.3 Å². The van der Waals surface area contributed by atoms with E-state index in [-0.39, 0.29) is 10.6 Å². The summed E-state index contributed by atoms with van der Waals surface area (Å²) in [7, 11) is -0.659. The van der Waals surface area contributed by atoms with Crippen molar-refractivity contribution in [2.45, 2.75) is 11.1 Å². The molecule has 1 N–H and O–H groups in total. The largest absolute Gasteiger partial charge is 0.496 e. The van der Waals surface area contributed by atoms with Crippen molar-refractivity contribution in [2.24, 2.45) is 0 Å². The molecule has 0 radical (unpaired) electrons. The number of anilines is 1. The van der Waals surface area contributed by atoms with Gasteiger partial charge in [0, 0.05) is 28.7 Å². The number of aromatic nitrogens is 2. The summed E-state index contributed by atoms with van der Waals surface area (Å²) < 4.78 is 74.3. The zero-order valence-electron chi connectivity index (χ0n) is 15.7. The van der Waals surface area contributed by atoms with Crippen molar-refractivity contribution in [1.29, 1.82) is 0 Å². The molecule has 5 nitrogen and oxygen atoms in total. The second kappa shape index (κ2) is 8.23. The molecule has 0 amide bonds. The topological polar surface area (TPSA) is 64.1 Å². The summed E-state index contributed by atoms with van der Waals surface area (Å²) in [5, 5.41) is 2.39. The lowest BCUT2D eigenvalue weighted by Gasteiger charge is -2.15. The van der Waals surface area contributed by atoms with Crippen molar-refractivity contribution >= 4 is 38.4 Å². The molecule has 1 atom stereocenters. The van der Waals surface area contributed by atoms with Crippen LogP contribution < -0.4 is 9.46 Å². The molecular weight excluding hydrogens is 454 g/mol. The molecule has 0 bridgehead atoms. The maximum Gasteiger partial charge on any atom is 0.416 e. The van der Waals surface area contributed by atoms with Gasteiger partial charge in [-0.25, -0.2) is 13.6 Å². The molecule has 1 unspecified atom stereocenters. The first kappa shape index (κ1) is 21.2. The number of alkyl halides is 3. The van der Waals surface area contributed by atoms with Gasteiger partial charge in [0.2, 0.25) is 0 Å². The lowest BCUT2D eigenvalue weighted by Crippen LogP contribution is -2.07. The maximum absolute atomic E-state index is 14.8. The van der Waals surface area contributed by atoms with Gasteiger partial charge in [-0.3, -0.25) is 9.71 Å². The summed E-state index contributed by atoms with van der Waals surface area (Å²) in [4.78, 5) is 8.03. The minimum absolute atomic E-state index is 0.0131. The van der Waals surface area contributed by atoms with E-state index in [0.717, 1.165) is 18.2 Å². The molecule has 2 heterocycles. The minimum atomic E-state index is -4.53. The van der Waals surface area contributed by atoms with Crippen molar-refractivity contribution in [3.05, 3.63) is 65.6 Å². The predicted molar refractivity (Wildman–Crippen MR) is 111 cm³/mol. The van der Waals surface area contributed by atoms with Crippen molar-refractivity contribution in [3.63, 3.8) is 0 Å². The number of thiazole rings is 1. The van der Waals surface area contributed by atoms with Crippen molar-refractivity contribution in [2.75, 3.05) is 11.8 Å². The highest BCUT2D eigenvalue weighted by Gasteiger charge is 2.31. The SMILES string of the molecule is COc1cc(C(F)(F)F)ccc1-c1ccnc2cc(S(=O)Nc3nccs3)c(F)cc12. The summed E-state index contributed by atoms with van der Waals surface area (Å²) >= 11 is 1.21. The number of fused-ring (bicyclic) bond motifs is 1. The van der Waals surface area contributed by atoms with E-state index in [1.807, 2.05) is 0 Å². The smallest absolute Gasteiger partial charge is 0.416 e. The van der Waals surface area contributed by atoms with Crippen LogP contribution in [0.5, 0.6) is 5.75 Å². The molecule has 0 aliphatic rings. The molecule has 31 heavy (non-hydrogen) atoms. The van der Waals surface area contributed by atoms with Crippen LogP contribution in [-0.2, 0) is 17.2 Å². The van der Waals surface area contributed by atoms with Gasteiger partial charge in [0.05, 0.1) is 23.1 Å². The van der Waals surface area contributed by atoms with E-state index in [2.05, 4.69) is 14.7 Å². The van der Waals surface area contributed by atoms with Gasteiger partial charge in [0.25, 0.3) is 0 Å². The van der Waals surface area contributed by atoms with Gasteiger partial charge in [0.1, 0.15) is 11.6 Å². The first-order chi connectivity index (χ1) is 14.8. The van der Waals surface area contributed by atoms with Crippen LogP contribution in [0.15, 0.2) is 59.1 Å². The quantitative estimate of drug-likeness (QED) is 0.385. The van der Waals surface area contributed by atoms with Gasteiger partial charge in [-0.2, -0.15) is 13.2 Å². The lowest BCUT2D eigenvalue weighted by atomic mass is 9.99. The zero-order valence-corrected chi connectivity index (χ0v) is 17.4. The van der Waals surface area contributed by atoms with Gasteiger partial charge < -0.3 is 4.74 Å². The molecular formula is C20H13F4N3O2S2. The second-order valence-electron chi connectivity index (χ2n) is 6.28. The van der Waals surface area contributed by atoms with Crippen molar-refractivity contribution in [1.82, 2.24) is 9.97 Å². The van der Waals surface area contributed by atoms with E-state index < -0.39 is 28.5 Å². The van der Waals surface area contributed by atoms with Crippen LogP contribution in [-0.4, -0.2) is 21.3 Å². The van der Waals surface area contributed by atoms with Gasteiger partial charge in [-0.1, -0.05) is 6.07 Å². The summed E-state index contributed by atoms with van der Waals surface area (Å²) in [5.41, 5.74) is 0.241. The molecule has 0 aliphatic carbocycles. The molecule has 0 fully saturated rings. The molecule has 11 heteroatoms. The third-order valence-corrected chi connectivity index (χ3v) is 6.34. The summed E-state index contributed by atoms with van der Waals surface area (Å²) in [5.74, 6) is -0.768. The molecule has 2 aromatic heterocycles. The fraction of sp³-hybridized carbons (Fsp3) is 0.100. The highest BCUT2D eigenvalue weighted by Crippen LogP contribution is 2.39. The number of ether oxygens (including phenoxy) is 1. The van der Waals surface area contributed by atoms with E-state index in [4.69, 9.17) is 4.74 Å². The fourth-order valence-electron chi connectivity index (χ4n) is 3.02. The number of nitrogens with one attached hydrogen (secondary N) is 1. The summed E-state index contributed by atoms with van der Waals surface area (Å²) in [6.07, 6.45) is -1.57. The Morgan fingerprint density at radius 2 is 1.87 bits per heavy atom. The zero-order chi connectivity index (χ0) is 22.2. The van der Waals surface area contributed by atoms with Crippen LogP contribution in [0.4, 0.5) is 22.7 Å². The van der Waals surface area contributed by atoms with Gasteiger partial charge in [-0.15, -0.1) is 11.3 Å². The third kappa shape index (κ3) is 4.23. The van der Waals surface area contributed by atoms with E-state index >= 15 is 0 Å². The number of rotatable bonds is 5. The fourth-order valence-corrected chi connectivity index (χ4v) is 4.59. The first-order valence-electron chi connectivity index (χ1n) is 8.69. The number of halogens is 4. The highest BCUT2D eigenvalue weighted by molar-refractivity contribution is 7.86. The van der Waals surface area contributed by atoms with E-state index in [1.54, 1.807) is 11.4 Å². The molecule has 0 spiro atoms. The number of nitrogens with zero attached hydrogens (tertiary/aromatic N) is 2. The molecule has 0 saturated carbocycles. The van der Waals surface area contributed by atoms with E-state index in [9.17, 15) is 21.8 Å². The summed E-state index contributed by atoms with van der Waals surface area (Å²) in [6.45, 7) is 0. The van der Waals surface area contributed by atoms with E-state index in [1.165, 1.54) is 43.0 Å². The van der Waals surface area contributed by atoms with Gasteiger partial charge in [0.15, 0.2) is 16.1 Å². The monoisotopic (exact) mass is 467 g/mol. The number of methoxy groups -OCH3 is 1. The van der Waals surface area contributed by atoms with Crippen molar-refractivity contribution in [3.8, 4) is 16.9 Å². The Morgan fingerprint density at radius 1 is 1.06 bits per heavy atom. The first-order valence-corrected chi connectivity index (χ1v) is 10.7. The average Bonchev–Trinajstić information content (AvgIpc) is 3.24. The van der Waals surface area contributed by atoms with Crippen LogP contribution in [0.1, 0.15) is 5.56 Å². The number of hydrogen-bond donors (Lipinski definition) is 1. The number of pyridine rings is 1. The molecule has 2 aromatic carbocycles. The number of hydrogen-bond acceptors (Lipinski definition) is 5. The Bertz CT molecular complexity index is 1280. The Balaban J connectivity index is 1.80. The van der Waals surface area contributed by atoms with E-state index in [0.29, 0.717) is 27.2 Å². The third-order valence-electron chi connectivity index (χ3n) is 4.43. The maximum atomic E-state index is 14.8.